The first-order valence-corrected chi connectivity index (χ1v) is 9.69. The van der Waals surface area contributed by atoms with Gasteiger partial charge in [0.05, 0.1) is 5.92 Å². The van der Waals surface area contributed by atoms with Crippen molar-refractivity contribution >= 4 is 17.5 Å². The third-order valence-corrected chi connectivity index (χ3v) is 6.22. The van der Waals surface area contributed by atoms with Gasteiger partial charge in [-0.3, -0.25) is 9.59 Å². The predicted octanol–water partition coefficient (Wildman–Crippen LogP) is 2.54. The van der Waals surface area contributed by atoms with E-state index in [0.29, 0.717) is 18.9 Å². The van der Waals surface area contributed by atoms with Crippen LogP contribution in [0.3, 0.4) is 0 Å². The fraction of sp³-hybridized carbons (Fsp3) is 0.619. The molecule has 142 valence electrons. The fourth-order valence-electron chi connectivity index (χ4n) is 4.16. The second kappa shape index (κ2) is 7.78. The average molecular weight is 357 g/mol. The van der Waals surface area contributed by atoms with Crippen LogP contribution in [0.15, 0.2) is 24.3 Å². The number of piperidine rings is 1. The molecule has 5 heteroatoms. The van der Waals surface area contributed by atoms with Crippen molar-refractivity contribution in [2.75, 3.05) is 38.6 Å². The van der Waals surface area contributed by atoms with E-state index in [-0.39, 0.29) is 23.8 Å². The van der Waals surface area contributed by atoms with E-state index >= 15 is 0 Å². The molecule has 0 spiro atoms. The summed E-state index contributed by atoms with van der Waals surface area (Å²) in [5, 5.41) is 0. The van der Waals surface area contributed by atoms with Crippen LogP contribution in [0.2, 0.25) is 0 Å². The molecule has 0 saturated carbocycles. The lowest BCUT2D eigenvalue weighted by molar-refractivity contribution is -0.137. The van der Waals surface area contributed by atoms with E-state index in [4.69, 9.17) is 0 Å². The SMILES string of the molecule is Cc1ccc(N2CC(C(=O)N(C)C(C)C3CCN(C)CC3)CC2=O)cc1. The highest BCUT2D eigenvalue weighted by Gasteiger charge is 2.38. The lowest BCUT2D eigenvalue weighted by Crippen LogP contribution is -2.46. The monoisotopic (exact) mass is 357 g/mol. The summed E-state index contributed by atoms with van der Waals surface area (Å²) in [6.07, 6.45) is 2.58. The molecule has 26 heavy (non-hydrogen) atoms. The number of carbonyl (C=O) groups is 2. The summed E-state index contributed by atoms with van der Waals surface area (Å²) in [4.78, 5) is 31.5. The summed E-state index contributed by atoms with van der Waals surface area (Å²) in [6.45, 7) is 6.87. The van der Waals surface area contributed by atoms with E-state index in [2.05, 4.69) is 18.9 Å². The zero-order valence-electron chi connectivity index (χ0n) is 16.4. The van der Waals surface area contributed by atoms with E-state index in [1.165, 1.54) is 5.56 Å². The minimum absolute atomic E-state index is 0.0487. The number of benzene rings is 1. The highest BCUT2D eigenvalue weighted by molar-refractivity contribution is 6.00. The molecule has 1 aromatic carbocycles. The molecule has 2 aliphatic rings. The number of likely N-dealkylation sites (tertiary alicyclic amines) is 1. The first kappa shape index (κ1) is 18.9. The van der Waals surface area contributed by atoms with Crippen LogP contribution in [-0.2, 0) is 9.59 Å². The van der Waals surface area contributed by atoms with Gasteiger partial charge in [0.2, 0.25) is 11.8 Å². The Morgan fingerprint density at radius 2 is 1.81 bits per heavy atom. The first-order chi connectivity index (χ1) is 12.4. The molecule has 2 unspecified atom stereocenters. The molecule has 0 radical (unpaired) electrons. The van der Waals surface area contributed by atoms with Gasteiger partial charge in [-0.1, -0.05) is 17.7 Å². The van der Waals surface area contributed by atoms with Gasteiger partial charge in [0, 0.05) is 31.7 Å². The molecule has 2 saturated heterocycles. The van der Waals surface area contributed by atoms with Gasteiger partial charge in [-0.05, 0) is 64.9 Å². The van der Waals surface area contributed by atoms with Gasteiger partial charge in [-0.15, -0.1) is 0 Å². The third-order valence-electron chi connectivity index (χ3n) is 6.22. The summed E-state index contributed by atoms with van der Waals surface area (Å²) >= 11 is 0. The molecule has 2 fully saturated rings. The number of hydrogen-bond acceptors (Lipinski definition) is 3. The maximum absolute atomic E-state index is 13.0. The molecule has 2 heterocycles. The second-order valence-corrected chi connectivity index (χ2v) is 8.07. The van der Waals surface area contributed by atoms with E-state index in [0.717, 1.165) is 31.6 Å². The van der Waals surface area contributed by atoms with Gasteiger partial charge in [0.25, 0.3) is 0 Å². The Kier molecular flexibility index (Phi) is 5.66. The van der Waals surface area contributed by atoms with Crippen LogP contribution >= 0.6 is 0 Å². The highest BCUT2D eigenvalue weighted by atomic mass is 16.2. The van der Waals surface area contributed by atoms with Crippen LogP contribution in [0.1, 0.15) is 31.7 Å². The predicted molar refractivity (Wildman–Crippen MR) is 104 cm³/mol. The topological polar surface area (TPSA) is 43.9 Å². The van der Waals surface area contributed by atoms with Crippen LogP contribution in [-0.4, -0.2) is 61.4 Å². The molecule has 0 N–H and O–H groups in total. The number of amides is 2. The molecule has 2 atom stereocenters. The van der Waals surface area contributed by atoms with Crippen molar-refractivity contribution in [3.8, 4) is 0 Å². The Morgan fingerprint density at radius 3 is 2.42 bits per heavy atom. The van der Waals surface area contributed by atoms with Gasteiger partial charge in [-0.2, -0.15) is 0 Å². The second-order valence-electron chi connectivity index (χ2n) is 8.07. The van der Waals surface area contributed by atoms with Gasteiger partial charge >= 0.3 is 0 Å². The van der Waals surface area contributed by atoms with Crippen LogP contribution in [0.4, 0.5) is 5.69 Å². The van der Waals surface area contributed by atoms with Crippen molar-refractivity contribution in [3.63, 3.8) is 0 Å². The van der Waals surface area contributed by atoms with E-state index in [1.807, 2.05) is 43.1 Å². The highest BCUT2D eigenvalue weighted by Crippen LogP contribution is 2.29. The van der Waals surface area contributed by atoms with Crippen molar-refractivity contribution in [2.24, 2.45) is 11.8 Å². The standard InChI is InChI=1S/C21H31N3O2/c1-15-5-7-19(8-6-15)24-14-18(13-20(24)25)21(26)23(4)16(2)17-9-11-22(3)12-10-17/h5-8,16-18H,9-14H2,1-4H3. The molecule has 0 aliphatic carbocycles. The number of rotatable bonds is 4. The fourth-order valence-corrected chi connectivity index (χ4v) is 4.16. The summed E-state index contributed by atoms with van der Waals surface area (Å²) < 4.78 is 0. The van der Waals surface area contributed by atoms with Gasteiger partial charge in [0.15, 0.2) is 0 Å². The van der Waals surface area contributed by atoms with Crippen LogP contribution in [0.25, 0.3) is 0 Å². The van der Waals surface area contributed by atoms with Gasteiger partial charge < -0.3 is 14.7 Å². The van der Waals surface area contributed by atoms with Crippen molar-refractivity contribution in [3.05, 3.63) is 29.8 Å². The third kappa shape index (κ3) is 3.93. The number of hydrogen-bond donors (Lipinski definition) is 0. The average Bonchev–Trinajstić information content (AvgIpc) is 3.03. The number of anilines is 1. The van der Waals surface area contributed by atoms with Crippen molar-refractivity contribution in [1.29, 1.82) is 0 Å². The lowest BCUT2D eigenvalue weighted by Gasteiger charge is -2.37. The Hall–Kier alpha value is -1.88. The smallest absolute Gasteiger partial charge is 0.228 e. The van der Waals surface area contributed by atoms with Crippen LogP contribution in [0.5, 0.6) is 0 Å². The normalized spacial score (nSPS) is 23.3. The molecule has 0 aromatic heterocycles. The summed E-state index contributed by atoms with van der Waals surface area (Å²) in [7, 11) is 4.06. The van der Waals surface area contributed by atoms with Crippen molar-refractivity contribution < 1.29 is 9.59 Å². The van der Waals surface area contributed by atoms with Crippen LogP contribution < -0.4 is 4.90 Å². The molecule has 2 amide bonds. The Bertz CT molecular complexity index is 650. The van der Waals surface area contributed by atoms with Crippen molar-refractivity contribution in [1.82, 2.24) is 9.80 Å². The Balaban J connectivity index is 1.62. The van der Waals surface area contributed by atoms with E-state index in [1.54, 1.807) is 4.90 Å². The maximum Gasteiger partial charge on any atom is 0.228 e. The summed E-state index contributed by atoms with van der Waals surface area (Å²) in [5.41, 5.74) is 2.06. The summed E-state index contributed by atoms with van der Waals surface area (Å²) in [5.74, 6) is 0.472. The maximum atomic E-state index is 13.0. The largest absolute Gasteiger partial charge is 0.342 e. The molecule has 0 bridgehead atoms. The quantitative estimate of drug-likeness (QED) is 0.832. The van der Waals surface area contributed by atoms with Crippen LogP contribution in [0, 0.1) is 18.8 Å². The van der Waals surface area contributed by atoms with Gasteiger partial charge in [0.1, 0.15) is 0 Å². The molecular weight excluding hydrogens is 326 g/mol. The zero-order valence-corrected chi connectivity index (χ0v) is 16.4. The molecular formula is C21H31N3O2. The van der Waals surface area contributed by atoms with E-state index < -0.39 is 0 Å². The molecule has 5 nitrogen and oxygen atoms in total. The minimum atomic E-state index is -0.234. The molecule has 1 aromatic rings. The Morgan fingerprint density at radius 1 is 1.19 bits per heavy atom. The molecule has 2 aliphatic heterocycles. The summed E-state index contributed by atoms with van der Waals surface area (Å²) in [6, 6.07) is 8.16. The lowest BCUT2D eigenvalue weighted by atomic mass is 9.89. The Labute approximate surface area is 156 Å². The zero-order chi connectivity index (χ0) is 18.8. The minimum Gasteiger partial charge on any atom is -0.342 e. The number of carbonyl (C=O) groups excluding carboxylic acids is 2. The number of aryl methyl sites for hydroxylation is 1. The van der Waals surface area contributed by atoms with Gasteiger partial charge in [-0.25, -0.2) is 0 Å². The van der Waals surface area contributed by atoms with E-state index in [9.17, 15) is 9.59 Å². The molecule has 3 rings (SSSR count). The van der Waals surface area contributed by atoms with Crippen molar-refractivity contribution in [2.45, 2.75) is 39.2 Å². The number of nitrogens with zero attached hydrogens (tertiary/aromatic N) is 3. The first-order valence-electron chi connectivity index (χ1n) is 9.69.